The highest BCUT2D eigenvalue weighted by Gasteiger charge is 2.18. The Morgan fingerprint density at radius 1 is 1.53 bits per heavy atom. The minimum atomic E-state index is -0.580. The topological polar surface area (TPSA) is 63.3 Å². The Kier molecular flexibility index (Phi) is 3.37. The van der Waals surface area contributed by atoms with Crippen LogP contribution in [0.4, 0.5) is 0 Å². The van der Waals surface area contributed by atoms with E-state index >= 15 is 0 Å². The highest BCUT2D eigenvalue weighted by Crippen LogP contribution is 2.33. The first-order chi connectivity index (χ1) is 6.86. The van der Waals surface area contributed by atoms with Crippen molar-refractivity contribution >= 4 is 17.4 Å². The van der Waals surface area contributed by atoms with Crippen molar-refractivity contribution in [1.82, 2.24) is 0 Å². The Balaban J connectivity index is 3.39. The standard InChI is InChI=1S/C11H14ClNO2/c1-5-4-8(11(15)7(3)13)6(2)10(14)9(5)12/h4,7,14H,13H2,1-3H3. The second kappa shape index (κ2) is 4.21. The molecule has 0 spiro atoms. The molecule has 1 atom stereocenters. The predicted molar refractivity (Wildman–Crippen MR) is 60.6 cm³/mol. The van der Waals surface area contributed by atoms with Gasteiger partial charge in [0.2, 0.25) is 0 Å². The number of hydrogen-bond donors (Lipinski definition) is 2. The van der Waals surface area contributed by atoms with E-state index in [9.17, 15) is 9.90 Å². The molecule has 1 unspecified atom stereocenters. The molecule has 0 fully saturated rings. The zero-order valence-electron chi connectivity index (χ0n) is 8.97. The van der Waals surface area contributed by atoms with Gasteiger partial charge in [-0.3, -0.25) is 4.79 Å². The van der Waals surface area contributed by atoms with Crippen LogP contribution in [0.15, 0.2) is 6.07 Å². The molecule has 0 aliphatic carbocycles. The molecule has 15 heavy (non-hydrogen) atoms. The summed E-state index contributed by atoms with van der Waals surface area (Å²) in [6, 6.07) is 1.08. The number of ketones is 1. The highest BCUT2D eigenvalue weighted by atomic mass is 35.5. The number of aromatic hydroxyl groups is 1. The molecule has 4 heteroatoms. The van der Waals surface area contributed by atoms with Crippen LogP contribution >= 0.6 is 11.6 Å². The number of phenols is 1. The number of nitrogens with two attached hydrogens (primary N) is 1. The maximum atomic E-state index is 11.7. The van der Waals surface area contributed by atoms with E-state index < -0.39 is 6.04 Å². The summed E-state index contributed by atoms with van der Waals surface area (Å²) in [4.78, 5) is 11.7. The minimum Gasteiger partial charge on any atom is -0.506 e. The van der Waals surface area contributed by atoms with Gasteiger partial charge in [-0.2, -0.15) is 0 Å². The third kappa shape index (κ3) is 2.13. The van der Waals surface area contributed by atoms with Crippen molar-refractivity contribution in [2.45, 2.75) is 26.8 Å². The summed E-state index contributed by atoms with van der Waals surface area (Å²) in [5.74, 6) is -0.233. The van der Waals surface area contributed by atoms with Gasteiger partial charge in [0.15, 0.2) is 5.78 Å². The van der Waals surface area contributed by atoms with Gasteiger partial charge in [0, 0.05) is 11.1 Å². The number of aryl methyl sites for hydroxylation is 1. The Hall–Kier alpha value is -1.06. The van der Waals surface area contributed by atoms with E-state index in [1.54, 1.807) is 26.8 Å². The second-order valence-corrected chi connectivity index (χ2v) is 4.06. The van der Waals surface area contributed by atoms with Crippen LogP contribution in [0.25, 0.3) is 0 Å². The number of phenolic OH excluding ortho intramolecular Hbond substituents is 1. The van der Waals surface area contributed by atoms with Crippen molar-refractivity contribution in [3.63, 3.8) is 0 Å². The Morgan fingerprint density at radius 2 is 2.07 bits per heavy atom. The van der Waals surface area contributed by atoms with Gasteiger partial charge in [0.25, 0.3) is 0 Å². The van der Waals surface area contributed by atoms with E-state index in [2.05, 4.69) is 0 Å². The smallest absolute Gasteiger partial charge is 0.179 e. The van der Waals surface area contributed by atoms with Crippen LogP contribution in [0.5, 0.6) is 5.75 Å². The number of carbonyl (C=O) groups is 1. The fraction of sp³-hybridized carbons (Fsp3) is 0.364. The maximum absolute atomic E-state index is 11.7. The lowest BCUT2D eigenvalue weighted by molar-refractivity contribution is 0.0967. The van der Waals surface area contributed by atoms with Gasteiger partial charge in [0.05, 0.1) is 11.1 Å². The summed E-state index contributed by atoms with van der Waals surface area (Å²) >= 11 is 5.85. The Morgan fingerprint density at radius 3 is 2.53 bits per heavy atom. The van der Waals surface area contributed by atoms with Crippen molar-refractivity contribution < 1.29 is 9.90 Å². The summed E-state index contributed by atoms with van der Waals surface area (Å²) in [5.41, 5.74) is 7.10. The first-order valence-corrected chi connectivity index (χ1v) is 5.02. The molecule has 0 saturated carbocycles. The molecule has 1 aromatic rings. The van der Waals surface area contributed by atoms with E-state index in [1.807, 2.05) is 0 Å². The summed E-state index contributed by atoms with van der Waals surface area (Å²) in [6.45, 7) is 5.00. The molecule has 0 aromatic heterocycles. The molecule has 1 aromatic carbocycles. The number of rotatable bonds is 2. The van der Waals surface area contributed by atoms with E-state index in [4.69, 9.17) is 17.3 Å². The molecule has 0 aliphatic heterocycles. The third-order valence-electron chi connectivity index (χ3n) is 2.35. The van der Waals surface area contributed by atoms with Gasteiger partial charge < -0.3 is 10.8 Å². The molecule has 0 saturated heterocycles. The van der Waals surface area contributed by atoms with Gasteiger partial charge in [-0.15, -0.1) is 0 Å². The molecule has 3 nitrogen and oxygen atoms in total. The molecule has 82 valence electrons. The second-order valence-electron chi connectivity index (χ2n) is 3.68. The summed E-state index contributed by atoms with van der Waals surface area (Å²) in [7, 11) is 0. The normalized spacial score (nSPS) is 12.6. The molecule has 3 N–H and O–H groups in total. The van der Waals surface area contributed by atoms with Crippen LogP contribution in [-0.4, -0.2) is 16.9 Å². The molecule has 0 aliphatic rings. The average molecular weight is 228 g/mol. The lowest BCUT2D eigenvalue weighted by Gasteiger charge is -2.12. The monoisotopic (exact) mass is 227 g/mol. The van der Waals surface area contributed by atoms with Crippen LogP contribution in [0.2, 0.25) is 5.02 Å². The molecule has 0 heterocycles. The molecule has 0 radical (unpaired) electrons. The van der Waals surface area contributed by atoms with Crippen molar-refractivity contribution in [2.75, 3.05) is 0 Å². The fourth-order valence-electron chi connectivity index (χ4n) is 1.37. The van der Waals surface area contributed by atoms with E-state index in [-0.39, 0.29) is 16.6 Å². The van der Waals surface area contributed by atoms with Gasteiger partial charge in [-0.1, -0.05) is 11.6 Å². The molecule has 1 rings (SSSR count). The van der Waals surface area contributed by atoms with Crippen molar-refractivity contribution in [3.05, 3.63) is 27.8 Å². The van der Waals surface area contributed by atoms with Gasteiger partial charge in [-0.05, 0) is 32.4 Å². The van der Waals surface area contributed by atoms with E-state index in [1.165, 1.54) is 0 Å². The quantitative estimate of drug-likeness (QED) is 0.762. The summed E-state index contributed by atoms with van der Waals surface area (Å²) in [5, 5.41) is 9.96. The largest absolute Gasteiger partial charge is 0.506 e. The number of carbonyl (C=O) groups excluding carboxylic acids is 1. The Bertz CT molecular complexity index is 414. The average Bonchev–Trinajstić information content (AvgIpc) is 2.19. The SMILES string of the molecule is Cc1cc(C(=O)C(C)N)c(C)c(O)c1Cl. The van der Waals surface area contributed by atoms with Gasteiger partial charge in [-0.25, -0.2) is 0 Å². The summed E-state index contributed by atoms with van der Waals surface area (Å²) in [6.07, 6.45) is 0. The van der Waals surface area contributed by atoms with Gasteiger partial charge >= 0.3 is 0 Å². The third-order valence-corrected chi connectivity index (χ3v) is 2.83. The summed E-state index contributed by atoms with van der Waals surface area (Å²) < 4.78 is 0. The molecule has 0 amide bonds. The molecular formula is C11H14ClNO2. The maximum Gasteiger partial charge on any atom is 0.179 e. The molecule has 0 bridgehead atoms. The van der Waals surface area contributed by atoms with Crippen LogP contribution < -0.4 is 5.73 Å². The van der Waals surface area contributed by atoms with Crippen molar-refractivity contribution in [2.24, 2.45) is 5.73 Å². The van der Waals surface area contributed by atoms with Crippen LogP contribution in [0.3, 0.4) is 0 Å². The van der Waals surface area contributed by atoms with Crippen LogP contribution in [-0.2, 0) is 0 Å². The number of hydrogen-bond acceptors (Lipinski definition) is 3. The predicted octanol–water partition coefficient (Wildman–Crippen LogP) is 2.19. The van der Waals surface area contributed by atoms with Crippen LogP contribution in [0, 0.1) is 13.8 Å². The number of halogens is 1. The van der Waals surface area contributed by atoms with E-state index in [0.717, 1.165) is 0 Å². The first kappa shape index (κ1) is 12.0. The fourth-order valence-corrected chi connectivity index (χ4v) is 1.56. The Labute approximate surface area is 93.9 Å². The van der Waals surface area contributed by atoms with Crippen molar-refractivity contribution in [1.29, 1.82) is 0 Å². The zero-order chi connectivity index (χ0) is 11.7. The molecular weight excluding hydrogens is 214 g/mol. The van der Waals surface area contributed by atoms with E-state index in [0.29, 0.717) is 16.7 Å². The minimum absolute atomic E-state index is 0.0410. The highest BCUT2D eigenvalue weighted by molar-refractivity contribution is 6.33. The van der Waals surface area contributed by atoms with Gasteiger partial charge in [0.1, 0.15) is 5.75 Å². The van der Waals surface area contributed by atoms with Crippen molar-refractivity contribution in [3.8, 4) is 5.75 Å². The number of Topliss-reactive ketones (excluding diaryl/α,β-unsaturated/α-hetero) is 1. The lowest BCUT2D eigenvalue weighted by atomic mass is 9.98. The van der Waals surface area contributed by atoms with Crippen LogP contribution in [0.1, 0.15) is 28.4 Å². The first-order valence-electron chi connectivity index (χ1n) is 4.64. The lowest BCUT2D eigenvalue weighted by Crippen LogP contribution is -2.27. The number of benzene rings is 1. The zero-order valence-corrected chi connectivity index (χ0v) is 9.72.